The van der Waals surface area contributed by atoms with Crippen LogP contribution < -0.4 is 5.32 Å². The van der Waals surface area contributed by atoms with Gasteiger partial charge in [0.1, 0.15) is 73.2 Å². The standard InChI is InChI=1S/C71H121NO18/c1-3-5-7-9-11-13-15-17-19-21-22-23-24-25-26-27-28-29-30-31-32-33-35-37-39-41-43-45-47-49-59(77)72-54(55(76)48-46-44-42-40-38-36-34-20-18-16-14-12-10-8-6-4-2)53-85-69-65(83)62(80)67(57(51-74)87-69)90-71-66(84)63(81)68(58(52-75)88-71)89-70-64(82)61(79)60(78)56(50-73)86-70/h5,7,11,13,17,19,22-23,25-26,28-29,31-32,35,37,54-58,60-71,73-76,78-84H,3-4,6,8-10,12,14-16,18,20-21,24,27,30,33-34,36,38-53H2,1-2H3,(H,72,77)/b7-5-,13-11-,19-17-,23-22-,26-25-,29-28-,32-31-,37-35-. The van der Waals surface area contributed by atoms with Gasteiger partial charge in [-0.05, 0) is 77.0 Å². The second kappa shape index (κ2) is 52.0. The van der Waals surface area contributed by atoms with E-state index in [1.807, 2.05) is 0 Å². The smallest absolute Gasteiger partial charge is 0.220 e. The summed E-state index contributed by atoms with van der Waals surface area (Å²) < 4.78 is 34.4. The van der Waals surface area contributed by atoms with Gasteiger partial charge in [0.25, 0.3) is 0 Å². The van der Waals surface area contributed by atoms with Crippen LogP contribution in [-0.2, 0) is 33.2 Å². The monoisotopic (exact) mass is 1280 g/mol. The summed E-state index contributed by atoms with van der Waals surface area (Å²) in [6.07, 6.45) is 40.5. The van der Waals surface area contributed by atoms with E-state index in [1.165, 1.54) is 77.0 Å². The zero-order chi connectivity index (χ0) is 65.4. The Bertz CT molecular complexity index is 2010. The lowest BCUT2D eigenvalue weighted by Gasteiger charge is -2.48. The third-order valence-electron chi connectivity index (χ3n) is 16.7. The van der Waals surface area contributed by atoms with E-state index in [2.05, 4.69) is 116 Å². The lowest BCUT2D eigenvalue weighted by molar-refractivity contribution is -0.379. The Labute approximate surface area is 539 Å². The van der Waals surface area contributed by atoms with E-state index < -0.39 is 124 Å². The first-order valence-electron chi connectivity index (χ1n) is 34.5. The highest BCUT2D eigenvalue weighted by atomic mass is 16.8. The second-order valence-corrected chi connectivity index (χ2v) is 24.3. The van der Waals surface area contributed by atoms with Crippen LogP contribution in [0, 0.1) is 0 Å². The van der Waals surface area contributed by atoms with Crippen molar-refractivity contribution in [1.82, 2.24) is 5.32 Å². The predicted octanol–water partition coefficient (Wildman–Crippen LogP) is 8.88. The Morgan fingerprint density at radius 2 is 0.767 bits per heavy atom. The van der Waals surface area contributed by atoms with Crippen molar-refractivity contribution in [2.45, 2.75) is 317 Å². The Hall–Kier alpha value is -3.29. The van der Waals surface area contributed by atoms with Crippen LogP contribution in [0.1, 0.15) is 213 Å². The fourth-order valence-corrected chi connectivity index (χ4v) is 11.1. The summed E-state index contributed by atoms with van der Waals surface area (Å²) in [6, 6.07) is -0.908. The fraction of sp³-hybridized carbons (Fsp3) is 0.761. The molecule has 19 nitrogen and oxygen atoms in total. The first-order chi connectivity index (χ1) is 43.8. The highest BCUT2D eigenvalue weighted by Crippen LogP contribution is 2.33. The summed E-state index contributed by atoms with van der Waals surface area (Å²) >= 11 is 0. The minimum absolute atomic E-state index is 0.230. The van der Waals surface area contributed by atoms with Gasteiger partial charge in [0.2, 0.25) is 5.91 Å². The minimum Gasteiger partial charge on any atom is -0.394 e. The first kappa shape index (κ1) is 80.9. The van der Waals surface area contributed by atoms with Crippen LogP contribution in [0.25, 0.3) is 0 Å². The molecule has 3 fully saturated rings. The SMILES string of the molecule is CC/C=C\C/C=C\C/C=C\C/C=C\C/C=C\C/C=C\C/C=C\C/C=C\CCCCCCC(=O)NC(COC1OC(CO)C(OC2OC(CO)C(OC3OC(CO)C(O)C(O)C3O)C(O)C2O)C(O)C1O)C(O)CCCCCCCCCCCCCCCCCC. The molecule has 3 rings (SSSR count). The van der Waals surface area contributed by atoms with Crippen molar-refractivity contribution < 1.29 is 89.4 Å². The van der Waals surface area contributed by atoms with Gasteiger partial charge < -0.3 is 89.9 Å². The number of unbranched alkanes of at least 4 members (excludes halogenated alkanes) is 19. The summed E-state index contributed by atoms with van der Waals surface area (Å²) in [5, 5.41) is 121. The molecule has 3 aliphatic rings. The number of ether oxygens (including phenoxy) is 6. The van der Waals surface area contributed by atoms with Crippen molar-refractivity contribution in [3.05, 3.63) is 97.2 Å². The van der Waals surface area contributed by atoms with Crippen molar-refractivity contribution in [3.63, 3.8) is 0 Å². The van der Waals surface area contributed by atoms with E-state index in [0.717, 1.165) is 103 Å². The van der Waals surface area contributed by atoms with Gasteiger partial charge >= 0.3 is 0 Å². The number of carbonyl (C=O) groups excluding carboxylic acids is 1. The van der Waals surface area contributed by atoms with Crippen LogP contribution in [0.4, 0.5) is 0 Å². The number of carbonyl (C=O) groups is 1. The summed E-state index contributed by atoms with van der Waals surface area (Å²) in [6.45, 7) is 1.65. The fourth-order valence-electron chi connectivity index (χ4n) is 11.1. The zero-order valence-electron chi connectivity index (χ0n) is 54.6. The predicted molar refractivity (Wildman–Crippen MR) is 351 cm³/mol. The van der Waals surface area contributed by atoms with Crippen molar-refractivity contribution in [2.75, 3.05) is 26.4 Å². The quantitative estimate of drug-likeness (QED) is 0.0200. The molecule has 0 aromatic heterocycles. The van der Waals surface area contributed by atoms with Crippen LogP contribution in [0.2, 0.25) is 0 Å². The molecular weight excluding hydrogens is 1150 g/mol. The Morgan fingerprint density at radius 1 is 0.411 bits per heavy atom. The molecular formula is C71H121NO18. The van der Waals surface area contributed by atoms with E-state index >= 15 is 0 Å². The minimum atomic E-state index is -1.98. The molecule has 17 unspecified atom stereocenters. The van der Waals surface area contributed by atoms with Crippen molar-refractivity contribution in [1.29, 1.82) is 0 Å². The largest absolute Gasteiger partial charge is 0.394 e. The number of allylic oxidation sites excluding steroid dienone is 16. The molecule has 518 valence electrons. The molecule has 3 heterocycles. The highest BCUT2D eigenvalue weighted by molar-refractivity contribution is 5.76. The van der Waals surface area contributed by atoms with E-state index in [9.17, 15) is 61.0 Å². The molecule has 12 N–H and O–H groups in total. The third-order valence-corrected chi connectivity index (χ3v) is 16.7. The van der Waals surface area contributed by atoms with Gasteiger partial charge in [-0.3, -0.25) is 4.79 Å². The molecule has 0 radical (unpaired) electrons. The van der Waals surface area contributed by atoms with Gasteiger partial charge in [-0.1, -0.05) is 227 Å². The zero-order valence-corrected chi connectivity index (χ0v) is 54.6. The van der Waals surface area contributed by atoms with E-state index in [-0.39, 0.29) is 18.9 Å². The number of amides is 1. The molecule has 3 saturated heterocycles. The third kappa shape index (κ3) is 33.7. The Balaban J connectivity index is 1.44. The molecule has 17 atom stereocenters. The number of hydrogen-bond acceptors (Lipinski definition) is 18. The van der Waals surface area contributed by atoms with Gasteiger partial charge in [0.05, 0.1) is 38.6 Å². The Kier molecular flexibility index (Phi) is 46.8. The van der Waals surface area contributed by atoms with Gasteiger partial charge in [0.15, 0.2) is 18.9 Å². The normalized spacial score (nSPS) is 28.7. The lowest BCUT2D eigenvalue weighted by atomic mass is 9.96. The van der Waals surface area contributed by atoms with Crippen molar-refractivity contribution in [3.8, 4) is 0 Å². The number of hydrogen-bond donors (Lipinski definition) is 12. The molecule has 1 amide bonds. The topological polar surface area (TPSA) is 307 Å². The average molecular weight is 1280 g/mol. The maximum absolute atomic E-state index is 13.4. The van der Waals surface area contributed by atoms with Gasteiger partial charge in [-0.25, -0.2) is 0 Å². The summed E-state index contributed by atoms with van der Waals surface area (Å²) in [5.74, 6) is -0.271. The maximum Gasteiger partial charge on any atom is 0.220 e. The van der Waals surface area contributed by atoms with Crippen LogP contribution in [-0.4, -0.2) is 193 Å². The van der Waals surface area contributed by atoms with Gasteiger partial charge in [-0.15, -0.1) is 0 Å². The lowest BCUT2D eigenvalue weighted by Crippen LogP contribution is -2.66. The van der Waals surface area contributed by atoms with Crippen molar-refractivity contribution in [2.24, 2.45) is 0 Å². The number of rotatable bonds is 51. The maximum atomic E-state index is 13.4. The van der Waals surface area contributed by atoms with E-state index in [1.54, 1.807) is 0 Å². The molecule has 0 aromatic rings. The molecule has 0 spiro atoms. The first-order valence-corrected chi connectivity index (χ1v) is 34.5. The molecule has 0 aliphatic carbocycles. The molecule has 90 heavy (non-hydrogen) atoms. The molecule has 0 saturated carbocycles. The summed E-state index contributed by atoms with van der Waals surface area (Å²) in [7, 11) is 0. The van der Waals surface area contributed by atoms with Crippen LogP contribution in [0.15, 0.2) is 97.2 Å². The van der Waals surface area contributed by atoms with Crippen LogP contribution in [0.5, 0.6) is 0 Å². The van der Waals surface area contributed by atoms with E-state index in [0.29, 0.717) is 12.8 Å². The number of aliphatic hydroxyl groups is 11. The molecule has 0 aromatic carbocycles. The average Bonchev–Trinajstić information content (AvgIpc) is 1.05. The molecule has 3 aliphatic heterocycles. The summed E-state index contributed by atoms with van der Waals surface area (Å²) in [4.78, 5) is 13.4. The Morgan fingerprint density at radius 3 is 1.20 bits per heavy atom. The molecule has 0 bridgehead atoms. The van der Waals surface area contributed by atoms with E-state index in [4.69, 9.17) is 28.4 Å². The number of aliphatic hydroxyl groups excluding tert-OH is 11. The summed E-state index contributed by atoms with van der Waals surface area (Å²) in [5.41, 5.74) is 0. The van der Waals surface area contributed by atoms with Crippen molar-refractivity contribution >= 4 is 5.91 Å². The van der Waals surface area contributed by atoms with Crippen LogP contribution in [0.3, 0.4) is 0 Å². The second-order valence-electron chi connectivity index (χ2n) is 24.3. The van der Waals surface area contributed by atoms with Gasteiger partial charge in [-0.2, -0.15) is 0 Å². The number of nitrogens with one attached hydrogen (secondary N) is 1. The molecule has 19 heteroatoms. The van der Waals surface area contributed by atoms with Crippen LogP contribution >= 0.6 is 0 Å². The highest BCUT2D eigenvalue weighted by Gasteiger charge is 2.53. The van der Waals surface area contributed by atoms with Gasteiger partial charge in [0, 0.05) is 6.42 Å².